The van der Waals surface area contributed by atoms with Gasteiger partial charge in [0, 0.05) is 0 Å². The zero-order valence-corrected chi connectivity index (χ0v) is 16.3. The number of ether oxygens (including phenoxy) is 1. The van der Waals surface area contributed by atoms with Crippen LogP contribution in [0.5, 0.6) is 0 Å². The second kappa shape index (κ2) is 7.98. The van der Waals surface area contributed by atoms with Crippen LogP contribution in [0.4, 0.5) is 8.78 Å². The zero-order chi connectivity index (χ0) is 19.6. The van der Waals surface area contributed by atoms with Gasteiger partial charge in [-0.15, -0.1) is 0 Å². The first-order chi connectivity index (χ1) is 12.2. The molecule has 1 atom stereocenters. The summed E-state index contributed by atoms with van der Waals surface area (Å²) in [6.45, 7) is 10.9. The third-order valence-electron chi connectivity index (χ3n) is 4.76. The summed E-state index contributed by atoms with van der Waals surface area (Å²) < 4.78 is 34.1. The summed E-state index contributed by atoms with van der Waals surface area (Å²) in [6, 6.07) is 5.27. The first-order valence-electron chi connectivity index (χ1n) is 8.89. The lowest BCUT2D eigenvalue weighted by atomic mass is 9.88. The van der Waals surface area contributed by atoms with Gasteiger partial charge < -0.3 is 4.74 Å². The van der Waals surface area contributed by atoms with Gasteiger partial charge in [-0.3, -0.25) is 4.79 Å². The first kappa shape index (κ1) is 20.1. The Hall–Kier alpha value is -2.23. The van der Waals surface area contributed by atoms with Gasteiger partial charge in [0.05, 0.1) is 13.0 Å². The molecule has 0 spiro atoms. The molecule has 140 valence electrons. The van der Waals surface area contributed by atoms with Crippen molar-refractivity contribution >= 4 is 5.97 Å². The minimum atomic E-state index is -0.351. The Morgan fingerprint density at radius 1 is 1.00 bits per heavy atom. The highest BCUT2D eigenvalue weighted by molar-refractivity contribution is 5.74. The van der Waals surface area contributed by atoms with Crippen molar-refractivity contribution in [1.82, 2.24) is 0 Å². The van der Waals surface area contributed by atoms with E-state index in [1.807, 2.05) is 6.92 Å². The van der Waals surface area contributed by atoms with Crippen LogP contribution in [0.1, 0.15) is 54.0 Å². The summed E-state index contributed by atoms with van der Waals surface area (Å²) in [6.07, 6.45) is 0.105. The number of esters is 1. The Kier molecular flexibility index (Phi) is 6.17. The van der Waals surface area contributed by atoms with E-state index in [1.165, 1.54) is 0 Å². The maximum atomic E-state index is 14.7. The lowest BCUT2D eigenvalue weighted by Gasteiger charge is -2.18. The molecule has 0 bridgehead atoms. The highest BCUT2D eigenvalue weighted by Gasteiger charge is 2.20. The molecule has 0 saturated heterocycles. The van der Waals surface area contributed by atoms with Crippen LogP contribution in [0.3, 0.4) is 0 Å². The van der Waals surface area contributed by atoms with Crippen molar-refractivity contribution in [2.75, 3.05) is 6.61 Å². The highest BCUT2D eigenvalue weighted by atomic mass is 19.1. The fraction of sp³-hybridized carbons (Fsp3) is 0.409. The van der Waals surface area contributed by atoms with Crippen molar-refractivity contribution in [3.8, 4) is 11.1 Å². The van der Waals surface area contributed by atoms with Crippen LogP contribution < -0.4 is 0 Å². The van der Waals surface area contributed by atoms with E-state index in [0.717, 1.165) is 16.7 Å². The largest absolute Gasteiger partial charge is 0.466 e. The fourth-order valence-corrected chi connectivity index (χ4v) is 3.49. The molecule has 0 unspecified atom stereocenters. The molecular formula is C22H26F2O2. The molecule has 0 aliphatic carbocycles. The van der Waals surface area contributed by atoms with E-state index >= 15 is 0 Å². The number of benzene rings is 2. The van der Waals surface area contributed by atoms with Crippen LogP contribution in [0.15, 0.2) is 18.2 Å². The molecule has 2 rings (SSSR count). The summed E-state index contributed by atoms with van der Waals surface area (Å²) in [7, 11) is 0. The number of hydrogen-bond acceptors (Lipinski definition) is 2. The van der Waals surface area contributed by atoms with E-state index in [-0.39, 0.29) is 29.9 Å². The summed E-state index contributed by atoms with van der Waals surface area (Å²) in [5, 5.41) is 0. The van der Waals surface area contributed by atoms with E-state index in [1.54, 1.807) is 52.8 Å². The molecule has 4 heteroatoms. The number of halogens is 2. The fourth-order valence-electron chi connectivity index (χ4n) is 3.49. The predicted octanol–water partition coefficient (Wildman–Crippen LogP) is 5.92. The molecule has 0 aromatic heterocycles. The number of hydrogen-bond donors (Lipinski definition) is 0. The minimum Gasteiger partial charge on any atom is -0.466 e. The van der Waals surface area contributed by atoms with Crippen molar-refractivity contribution in [1.29, 1.82) is 0 Å². The Balaban J connectivity index is 2.56. The lowest BCUT2D eigenvalue weighted by molar-refractivity contribution is -0.143. The Morgan fingerprint density at radius 3 is 2.23 bits per heavy atom. The smallest absolute Gasteiger partial charge is 0.306 e. The quantitative estimate of drug-likeness (QED) is 0.619. The first-order valence-corrected chi connectivity index (χ1v) is 8.89. The summed E-state index contributed by atoms with van der Waals surface area (Å²) >= 11 is 0. The normalized spacial score (nSPS) is 12.2. The van der Waals surface area contributed by atoms with E-state index in [0.29, 0.717) is 28.9 Å². The van der Waals surface area contributed by atoms with Crippen molar-refractivity contribution in [2.24, 2.45) is 0 Å². The average molecular weight is 360 g/mol. The predicted molar refractivity (Wildman–Crippen MR) is 100 cm³/mol. The number of aryl methyl sites for hydroxylation is 3. The Morgan fingerprint density at radius 2 is 1.62 bits per heavy atom. The van der Waals surface area contributed by atoms with Gasteiger partial charge in [-0.25, -0.2) is 8.78 Å². The van der Waals surface area contributed by atoms with Gasteiger partial charge in [-0.2, -0.15) is 0 Å². The van der Waals surface area contributed by atoms with Gasteiger partial charge in [-0.1, -0.05) is 13.0 Å². The van der Waals surface area contributed by atoms with Gasteiger partial charge in [0.1, 0.15) is 11.6 Å². The van der Waals surface area contributed by atoms with E-state index in [9.17, 15) is 13.6 Å². The van der Waals surface area contributed by atoms with Crippen LogP contribution in [-0.2, 0) is 9.53 Å². The molecule has 0 heterocycles. The topological polar surface area (TPSA) is 26.3 Å². The van der Waals surface area contributed by atoms with Crippen LogP contribution in [0.2, 0.25) is 0 Å². The molecular weight excluding hydrogens is 334 g/mol. The SMILES string of the molecule is CCOC(=O)C[C@H](C)c1cc(-c2c(C)cc(C)c(F)c2C)cc(C)c1F. The molecule has 2 nitrogen and oxygen atoms in total. The molecule has 26 heavy (non-hydrogen) atoms. The van der Waals surface area contributed by atoms with Gasteiger partial charge in [0.2, 0.25) is 0 Å². The third kappa shape index (κ3) is 3.95. The van der Waals surface area contributed by atoms with E-state index in [4.69, 9.17) is 4.74 Å². The molecule has 0 saturated carbocycles. The Bertz CT molecular complexity index is 841. The lowest BCUT2D eigenvalue weighted by Crippen LogP contribution is -2.10. The van der Waals surface area contributed by atoms with Crippen molar-refractivity contribution in [3.05, 3.63) is 57.7 Å². The van der Waals surface area contributed by atoms with Gasteiger partial charge in [0.25, 0.3) is 0 Å². The summed E-state index contributed by atoms with van der Waals surface area (Å²) in [4.78, 5) is 11.8. The molecule has 0 aliphatic rings. The highest BCUT2D eigenvalue weighted by Crippen LogP contribution is 2.35. The molecule has 2 aromatic carbocycles. The van der Waals surface area contributed by atoms with Crippen LogP contribution in [0, 0.1) is 39.3 Å². The molecule has 0 aliphatic heterocycles. The maximum Gasteiger partial charge on any atom is 0.306 e. The van der Waals surface area contributed by atoms with Gasteiger partial charge in [-0.05, 0) is 91.6 Å². The molecule has 0 fully saturated rings. The number of carbonyl (C=O) groups is 1. The van der Waals surface area contributed by atoms with Gasteiger partial charge >= 0.3 is 5.97 Å². The average Bonchev–Trinajstić information content (AvgIpc) is 2.55. The zero-order valence-electron chi connectivity index (χ0n) is 16.3. The second-order valence-corrected chi connectivity index (χ2v) is 6.93. The van der Waals surface area contributed by atoms with E-state index in [2.05, 4.69) is 0 Å². The number of rotatable bonds is 5. The number of carbonyl (C=O) groups excluding carboxylic acids is 1. The van der Waals surface area contributed by atoms with Gasteiger partial charge in [0.15, 0.2) is 0 Å². The second-order valence-electron chi connectivity index (χ2n) is 6.93. The van der Waals surface area contributed by atoms with Crippen LogP contribution in [-0.4, -0.2) is 12.6 Å². The summed E-state index contributed by atoms with van der Waals surface area (Å²) in [5.74, 6) is -1.25. The van der Waals surface area contributed by atoms with Crippen molar-refractivity contribution in [3.63, 3.8) is 0 Å². The standard InChI is InChI=1S/C22H26F2O2/c1-7-26-19(25)10-12(2)18-11-17(9-15(5)22(18)24)20-13(3)8-14(4)21(23)16(20)6/h8-9,11-12H,7,10H2,1-6H3/t12-/m0/s1. The molecule has 2 aromatic rings. The monoisotopic (exact) mass is 360 g/mol. The van der Waals surface area contributed by atoms with Crippen LogP contribution >= 0.6 is 0 Å². The van der Waals surface area contributed by atoms with Crippen molar-refractivity contribution in [2.45, 2.75) is 53.9 Å². The van der Waals surface area contributed by atoms with Crippen LogP contribution in [0.25, 0.3) is 11.1 Å². The molecule has 0 radical (unpaired) electrons. The molecule has 0 N–H and O–H groups in total. The van der Waals surface area contributed by atoms with E-state index < -0.39 is 0 Å². The minimum absolute atomic E-state index is 0.105. The third-order valence-corrected chi connectivity index (χ3v) is 4.76. The maximum absolute atomic E-state index is 14.7. The molecule has 0 amide bonds. The Labute approximate surface area is 154 Å². The summed E-state index contributed by atoms with van der Waals surface area (Å²) in [5.41, 5.74) is 4.57. The van der Waals surface area contributed by atoms with Crippen molar-refractivity contribution < 1.29 is 18.3 Å².